The summed E-state index contributed by atoms with van der Waals surface area (Å²) in [5.41, 5.74) is 7.40. The number of anilines is 4. The molecule has 0 radical (unpaired) electrons. The minimum atomic E-state index is -4.15. The lowest BCUT2D eigenvalue weighted by atomic mass is 10.00. The van der Waals surface area contributed by atoms with Crippen LogP contribution in [-0.2, 0) is 21.3 Å². The van der Waals surface area contributed by atoms with Crippen LogP contribution in [0.4, 0.5) is 22.7 Å². The van der Waals surface area contributed by atoms with Crippen molar-refractivity contribution < 1.29 is 17.9 Å². The highest BCUT2D eigenvalue weighted by atomic mass is 35.5. The summed E-state index contributed by atoms with van der Waals surface area (Å²) < 4.78 is 33.9. The highest BCUT2D eigenvalue weighted by Crippen LogP contribution is 2.27. The van der Waals surface area contributed by atoms with Gasteiger partial charge in [-0.3, -0.25) is 4.79 Å². The summed E-state index contributed by atoms with van der Waals surface area (Å²) in [5, 5.41) is 14.1. The highest BCUT2D eigenvalue weighted by molar-refractivity contribution is 7.90. The number of benzene rings is 5. The van der Waals surface area contributed by atoms with E-state index in [9.17, 15) is 13.2 Å². The van der Waals surface area contributed by atoms with Gasteiger partial charge in [-0.05, 0) is 101 Å². The lowest BCUT2D eigenvalue weighted by Crippen LogP contribution is -2.31. The van der Waals surface area contributed by atoms with Crippen LogP contribution in [-0.4, -0.2) is 40.6 Å². The molecule has 260 valence electrons. The summed E-state index contributed by atoms with van der Waals surface area (Å²) in [4.78, 5) is 13.5. The van der Waals surface area contributed by atoms with Gasteiger partial charge in [0, 0.05) is 48.3 Å². The molecule has 0 saturated heterocycles. The minimum absolute atomic E-state index is 0.0225. The predicted molar refractivity (Wildman–Crippen MR) is 206 cm³/mol. The zero-order chi connectivity index (χ0) is 35.5. The molecule has 5 aromatic carbocycles. The third-order valence-corrected chi connectivity index (χ3v) is 9.74. The second-order valence-electron chi connectivity index (χ2n) is 11.7. The Morgan fingerprint density at radius 1 is 0.745 bits per heavy atom. The van der Waals surface area contributed by atoms with Crippen LogP contribution in [0.1, 0.15) is 15.9 Å². The topological polar surface area (TPSA) is 121 Å². The van der Waals surface area contributed by atoms with E-state index < -0.39 is 15.9 Å². The number of nitrogens with one attached hydrogen (secondary N) is 5. The Morgan fingerprint density at radius 3 is 2.25 bits per heavy atom. The maximum absolute atomic E-state index is 13.5. The van der Waals surface area contributed by atoms with E-state index in [-0.39, 0.29) is 10.5 Å². The molecule has 0 fully saturated rings. The van der Waals surface area contributed by atoms with Gasteiger partial charge in [-0.1, -0.05) is 66.2 Å². The summed E-state index contributed by atoms with van der Waals surface area (Å²) in [7, 11) is -4.15. The molecule has 0 saturated carbocycles. The summed E-state index contributed by atoms with van der Waals surface area (Å²) in [6, 6.07) is 36.9. The molecular weight excluding hydrogens is 682 g/mol. The van der Waals surface area contributed by atoms with E-state index in [1.807, 2.05) is 78.9 Å². The van der Waals surface area contributed by atoms with Crippen LogP contribution in [0.3, 0.4) is 0 Å². The standard InChI is InChI=1S/C40H38ClN5O4S/c41-32-12-10-30(11-13-32)37-9-5-4-6-31(37)28-42-22-23-43-35-16-19-38(39(26-35)45-34-7-2-1-3-8-34)40(47)46-51(48,49)36-17-14-33(15-18-36)44-27-29-20-24-50-25-21-29/h1-21,24,26,42-45H,22-23,25,27-28H2,(H,46,47). The first-order chi connectivity index (χ1) is 24.8. The van der Waals surface area contributed by atoms with Crippen LogP contribution >= 0.6 is 11.6 Å². The Hall–Kier alpha value is -5.55. The number of carbonyl (C=O) groups is 1. The van der Waals surface area contributed by atoms with Gasteiger partial charge >= 0.3 is 0 Å². The Balaban J connectivity index is 1.08. The van der Waals surface area contributed by atoms with Crippen LogP contribution < -0.4 is 26.0 Å². The number of ether oxygens (including phenoxy) is 1. The predicted octanol–water partition coefficient (Wildman–Crippen LogP) is 7.95. The number of halogens is 1. The van der Waals surface area contributed by atoms with Crippen LogP contribution in [0.25, 0.3) is 11.1 Å². The van der Waals surface area contributed by atoms with Gasteiger partial charge in [0.2, 0.25) is 0 Å². The average molecular weight is 720 g/mol. The van der Waals surface area contributed by atoms with Crippen LogP contribution in [0, 0.1) is 0 Å². The molecule has 0 aliphatic carbocycles. The Kier molecular flexibility index (Phi) is 11.7. The van der Waals surface area contributed by atoms with Crippen molar-refractivity contribution in [2.75, 3.05) is 42.2 Å². The largest absolute Gasteiger partial charge is 0.497 e. The molecule has 5 N–H and O–H groups in total. The molecule has 0 aromatic heterocycles. The summed E-state index contributed by atoms with van der Waals surface area (Å²) >= 11 is 6.09. The van der Waals surface area contributed by atoms with Crippen molar-refractivity contribution in [2.24, 2.45) is 0 Å². The van der Waals surface area contributed by atoms with Gasteiger partial charge in [-0.2, -0.15) is 0 Å². The van der Waals surface area contributed by atoms with Crippen molar-refractivity contribution in [3.63, 3.8) is 0 Å². The van der Waals surface area contributed by atoms with Gasteiger partial charge in [-0.25, -0.2) is 13.1 Å². The second-order valence-corrected chi connectivity index (χ2v) is 13.9. The molecule has 0 bridgehead atoms. The molecule has 0 atom stereocenters. The second kappa shape index (κ2) is 16.9. The van der Waals surface area contributed by atoms with E-state index in [0.29, 0.717) is 43.5 Å². The molecule has 5 aromatic rings. The van der Waals surface area contributed by atoms with Gasteiger partial charge in [0.15, 0.2) is 0 Å². The van der Waals surface area contributed by atoms with Crippen molar-refractivity contribution >= 4 is 50.3 Å². The molecular formula is C40H38ClN5O4S. The number of hydrogen-bond acceptors (Lipinski definition) is 8. The van der Waals surface area contributed by atoms with Crippen LogP contribution in [0.2, 0.25) is 5.02 Å². The van der Waals surface area contributed by atoms with E-state index >= 15 is 0 Å². The Morgan fingerprint density at radius 2 is 1.49 bits per heavy atom. The van der Waals surface area contributed by atoms with Gasteiger partial charge in [-0.15, -0.1) is 0 Å². The fourth-order valence-corrected chi connectivity index (χ4v) is 6.57. The molecule has 1 aliphatic rings. The first-order valence-electron chi connectivity index (χ1n) is 16.5. The molecule has 51 heavy (non-hydrogen) atoms. The van der Waals surface area contributed by atoms with Crippen molar-refractivity contribution in [1.82, 2.24) is 10.0 Å². The lowest BCUT2D eigenvalue weighted by molar-refractivity contribution is 0.0982. The number of sulfonamides is 1. The maximum Gasteiger partial charge on any atom is 0.267 e. The van der Waals surface area contributed by atoms with E-state index in [2.05, 4.69) is 38.1 Å². The number of hydrogen-bond donors (Lipinski definition) is 5. The van der Waals surface area contributed by atoms with E-state index in [4.69, 9.17) is 16.3 Å². The minimum Gasteiger partial charge on any atom is -0.497 e. The molecule has 0 unspecified atom stereocenters. The fourth-order valence-electron chi connectivity index (χ4n) is 5.47. The van der Waals surface area contributed by atoms with Crippen molar-refractivity contribution in [3.8, 4) is 11.1 Å². The van der Waals surface area contributed by atoms with E-state index in [1.54, 1.807) is 36.6 Å². The Bertz CT molecular complexity index is 2120. The van der Waals surface area contributed by atoms with Crippen molar-refractivity contribution in [1.29, 1.82) is 0 Å². The number of para-hydroxylation sites is 1. The Labute approximate surface area is 303 Å². The van der Waals surface area contributed by atoms with Crippen molar-refractivity contribution in [2.45, 2.75) is 11.4 Å². The third kappa shape index (κ3) is 9.79. The molecule has 1 heterocycles. The maximum atomic E-state index is 13.5. The number of carbonyl (C=O) groups excluding carboxylic acids is 1. The molecule has 1 aliphatic heterocycles. The molecule has 1 amide bonds. The summed E-state index contributed by atoms with van der Waals surface area (Å²) in [5.74, 6) is -0.749. The normalized spacial score (nSPS) is 12.4. The quantitative estimate of drug-likeness (QED) is 0.0692. The lowest BCUT2D eigenvalue weighted by Gasteiger charge is -2.16. The molecule has 9 nitrogen and oxygen atoms in total. The first kappa shape index (κ1) is 35.3. The van der Waals surface area contributed by atoms with Crippen molar-refractivity contribution in [3.05, 3.63) is 161 Å². The van der Waals surface area contributed by atoms with Gasteiger partial charge in [0.1, 0.15) is 6.61 Å². The number of amides is 1. The highest BCUT2D eigenvalue weighted by Gasteiger charge is 2.21. The van der Waals surface area contributed by atoms with Gasteiger partial charge in [0.25, 0.3) is 15.9 Å². The SMILES string of the molecule is O=C(NS(=O)(=O)c1ccc(NCC2=CCOC=C2)cc1)c1ccc(NCCNCc2ccccc2-c2ccc(Cl)cc2)cc1Nc1ccccc1. The van der Waals surface area contributed by atoms with E-state index in [1.165, 1.54) is 17.7 Å². The number of rotatable bonds is 15. The zero-order valence-corrected chi connectivity index (χ0v) is 29.3. The third-order valence-electron chi connectivity index (χ3n) is 8.14. The van der Waals surface area contributed by atoms with Gasteiger partial charge < -0.3 is 26.0 Å². The zero-order valence-electron chi connectivity index (χ0n) is 27.7. The van der Waals surface area contributed by atoms with Gasteiger partial charge in [0.05, 0.1) is 22.4 Å². The molecule has 6 rings (SSSR count). The summed E-state index contributed by atoms with van der Waals surface area (Å²) in [6.45, 7) is 3.06. The average Bonchev–Trinajstić information content (AvgIpc) is 3.15. The monoisotopic (exact) mass is 719 g/mol. The molecule has 0 spiro atoms. The van der Waals surface area contributed by atoms with E-state index in [0.717, 1.165) is 33.8 Å². The smallest absolute Gasteiger partial charge is 0.267 e. The van der Waals surface area contributed by atoms with Crippen LogP contribution in [0.5, 0.6) is 0 Å². The van der Waals surface area contributed by atoms with Crippen LogP contribution in [0.15, 0.2) is 150 Å². The fraction of sp³-hybridized carbons (Fsp3) is 0.125. The first-order valence-corrected chi connectivity index (χ1v) is 18.3. The molecule has 11 heteroatoms. The summed E-state index contributed by atoms with van der Waals surface area (Å²) in [6.07, 6.45) is 5.48.